The Morgan fingerprint density at radius 1 is 1.19 bits per heavy atom. The molecule has 7 nitrogen and oxygen atoms in total. The predicted molar refractivity (Wildman–Crippen MR) is 76.2 cm³/mol. The van der Waals surface area contributed by atoms with Crippen LogP contribution in [-0.4, -0.2) is 42.6 Å². The molecule has 1 aromatic rings. The Kier molecular flexibility index (Phi) is 6.90. The third kappa shape index (κ3) is 6.53. The summed E-state index contributed by atoms with van der Waals surface area (Å²) in [5, 5.41) is 13.3. The minimum absolute atomic E-state index is 0.0192. The Bertz CT molecular complexity index is 499. The summed E-state index contributed by atoms with van der Waals surface area (Å²) in [7, 11) is 0. The number of carbonyl (C=O) groups excluding carboxylic acids is 2. The summed E-state index contributed by atoms with van der Waals surface area (Å²) in [4.78, 5) is 33.4. The van der Waals surface area contributed by atoms with Crippen LogP contribution in [0.25, 0.3) is 0 Å². The van der Waals surface area contributed by atoms with Gasteiger partial charge in [0.1, 0.15) is 13.2 Å². The minimum atomic E-state index is -1.11. The predicted octanol–water partition coefficient (Wildman–Crippen LogP) is 0.866. The van der Waals surface area contributed by atoms with Crippen LogP contribution in [-0.2, 0) is 14.3 Å². The molecule has 0 saturated carbocycles. The van der Waals surface area contributed by atoms with Gasteiger partial charge in [-0.15, -0.1) is 0 Å². The van der Waals surface area contributed by atoms with Crippen LogP contribution in [0.1, 0.15) is 23.7 Å². The molecular formula is C14H18N2O5. The third-order valence-electron chi connectivity index (χ3n) is 2.41. The van der Waals surface area contributed by atoms with E-state index in [1.807, 2.05) is 6.92 Å². The van der Waals surface area contributed by atoms with E-state index >= 15 is 0 Å². The summed E-state index contributed by atoms with van der Waals surface area (Å²) in [5.41, 5.74) is 0.853. The highest BCUT2D eigenvalue weighted by Crippen LogP contribution is 2.09. The molecule has 0 aliphatic rings. The van der Waals surface area contributed by atoms with Crippen LogP contribution in [0, 0.1) is 0 Å². The number of nitrogens with one attached hydrogen (secondary N) is 2. The van der Waals surface area contributed by atoms with Gasteiger partial charge in [0, 0.05) is 17.9 Å². The van der Waals surface area contributed by atoms with Gasteiger partial charge in [-0.25, -0.2) is 0 Å². The Labute approximate surface area is 122 Å². The number of aliphatic carboxylic acids is 1. The van der Waals surface area contributed by atoms with Gasteiger partial charge < -0.3 is 20.5 Å². The quantitative estimate of drug-likeness (QED) is 0.617. The standard InChI is InChI=1S/C14H18N2O5/c1-2-7-21-9-12(17)16-11-5-3-10(4-6-11)14(20)15-8-13(18)19/h3-6H,2,7-9H2,1H3,(H,15,20)(H,16,17)(H,18,19). The van der Waals surface area contributed by atoms with E-state index in [-0.39, 0.29) is 12.5 Å². The fourth-order valence-electron chi connectivity index (χ4n) is 1.47. The first-order valence-electron chi connectivity index (χ1n) is 6.50. The van der Waals surface area contributed by atoms with Crippen molar-refractivity contribution in [2.45, 2.75) is 13.3 Å². The smallest absolute Gasteiger partial charge is 0.322 e. The number of carboxylic acid groups (broad SMARTS) is 1. The topological polar surface area (TPSA) is 105 Å². The second-order valence-electron chi connectivity index (χ2n) is 4.25. The van der Waals surface area contributed by atoms with Crippen LogP contribution < -0.4 is 10.6 Å². The molecule has 0 atom stereocenters. The number of hydrogen-bond donors (Lipinski definition) is 3. The molecule has 0 bridgehead atoms. The molecule has 7 heteroatoms. The second kappa shape index (κ2) is 8.70. The van der Waals surface area contributed by atoms with Gasteiger partial charge in [0.05, 0.1) is 0 Å². The normalized spacial score (nSPS) is 9.95. The van der Waals surface area contributed by atoms with E-state index in [1.54, 1.807) is 12.1 Å². The SMILES string of the molecule is CCCOCC(=O)Nc1ccc(C(=O)NCC(=O)O)cc1. The first-order valence-corrected chi connectivity index (χ1v) is 6.50. The minimum Gasteiger partial charge on any atom is -0.480 e. The lowest BCUT2D eigenvalue weighted by Crippen LogP contribution is -2.29. The van der Waals surface area contributed by atoms with Gasteiger partial charge >= 0.3 is 5.97 Å². The Morgan fingerprint density at radius 3 is 2.43 bits per heavy atom. The largest absolute Gasteiger partial charge is 0.480 e. The first kappa shape index (κ1) is 16.6. The van der Waals surface area contributed by atoms with Gasteiger partial charge in [-0.05, 0) is 30.7 Å². The van der Waals surface area contributed by atoms with Gasteiger partial charge in [0.25, 0.3) is 5.91 Å². The van der Waals surface area contributed by atoms with E-state index in [0.29, 0.717) is 17.9 Å². The highest BCUT2D eigenvalue weighted by Gasteiger charge is 2.08. The van der Waals surface area contributed by atoms with Crippen molar-refractivity contribution in [3.05, 3.63) is 29.8 Å². The van der Waals surface area contributed by atoms with E-state index in [0.717, 1.165) is 6.42 Å². The zero-order valence-electron chi connectivity index (χ0n) is 11.7. The van der Waals surface area contributed by atoms with Crippen molar-refractivity contribution in [1.29, 1.82) is 0 Å². The molecule has 0 aliphatic heterocycles. The molecule has 21 heavy (non-hydrogen) atoms. The van der Waals surface area contributed by atoms with Crippen molar-refractivity contribution in [1.82, 2.24) is 5.32 Å². The molecule has 114 valence electrons. The Hall–Kier alpha value is -2.41. The van der Waals surface area contributed by atoms with Crippen molar-refractivity contribution in [2.24, 2.45) is 0 Å². The summed E-state index contributed by atoms with van der Waals surface area (Å²) in [6.07, 6.45) is 0.841. The van der Waals surface area contributed by atoms with Crippen molar-refractivity contribution in [3.63, 3.8) is 0 Å². The number of ether oxygens (including phenoxy) is 1. The molecule has 0 aliphatic carbocycles. The molecule has 1 rings (SSSR count). The maximum Gasteiger partial charge on any atom is 0.322 e. The van der Waals surface area contributed by atoms with E-state index in [4.69, 9.17) is 9.84 Å². The van der Waals surface area contributed by atoms with E-state index < -0.39 is 18.4 Å². The van der Waals surface area contributed by atoms with Crippen LogP contribution in [0.3, 0.4) is 0 Å². The summed E-state index contributed by atoms with van der Waals surface area (Å²) in [6, 6.07) is 6.13. The number of hydrogen-bond acceptors (Lipinski definition) is 4. The van der Waals surface area contributed by atoms with Crippen molar-refractivity contribution >= 4 is 23.5 Å². The number of carboxylic acids is 1. The van der Waals surface area contributed by atoms with Crippen molar-refractivity contribution in [3.8, 4) is 0 Å². The number of carbonyl (C=O) groups is 3. The zero-order chi connectivity index (χ0) is 15.7. The average molecular weight is 294 g/mol. The second-order valence-corrected chi connectivity index (χ2v) is 4.25. The summed E-state index contributed by atoms with van der Waals surface area (Å²) in [5.74, 6) is -1.87. The van der Waals surface area contributed by atoms with Crippen LogP contribution in [0.4, 0.5) is 5.69 Å². The molecule has 0 spiro atoms. The maximum absolute atomic E-state index is 11.6. The van der Waals surface area contributed by atoms with Gasteiger partial charge in [0.15, 0.2) is 0 Å². The molecule has 0 radical (unpaired) electrons. The molecule has 0 saturated heterocycles. The summed E-state index contributed by atoms with van der Waals surface area (Å²) in [6.45, 7) is 2.02. The molecule has 0 unspecified atom stereocenters. The lowest BCUT2D eigenvalue weighted by atomic mass is 10.2. The van der Waals surface area contributed by atoms with Crippen LogP contribution in [0.5, 0.6) is 0 Å². The molecular weight excluding hydrogens is 276 g/mol. The van der Waals surface area contributed by atoms with Crippen molar-refractivity contribution in [2.75, 3.05) is 25.1 Å². The Balaban J connectivity index is 2.48. The lowest BCUT2D eigenvalue weighted by molar-refractivity contribution is -0.135. The van der Waals surface area contributed by atoms with Crippen LogP contribution >= 0.6 is 0 Å². The molecule has 0 aromatic heterocycles. The average Bonchev–Trinajstić information content (AvgIpc) is 2.45. The molecule has 0 fully saturated rings. The van der Waals surface area contributed by atoms with E-state index in [1.165, 1.54) is 12.1 Å². The van der Waals surface area contributed by atoms with Crippen LogP contribution in [0.2, 0.25) is 0 Å². The number of anilines is 1. The Morgan fingerprint density at radius 2 is 1.86 bits per heavy atom. The van der Waals surface area contributed by atoms with E-state index in [9.17, 15) is 14.4 Å². The van der Waals surface area contributed by atoms with Crippen molar-refractivity contribution < 1.29 is 24.2 Å². The number of amides is 2. The lowest BCUT2D eigenvalue weighted by Gasteiger charge is -2.07. The van der Waals surface area contributed by atoms with Gasteiger partial charge in [-0.3, -0.25) is 14.4 Å². The number of benzene rings is 1. The zero-order valence-corrected chi connectivity index (χ0v) is 11.7. The monoisotopic (exact) mass is 294 g/mol. The van der Waals surface area contributed by atoms with Gasteiger partial charge in [0.2, 0.25) is 5.91 Å². The maximum atomic E-state index is 11.6. The fraction of sp³-hybridized carbons (Fsp3) is 0.357. The van der Waals surface area contributed by atoms with Gasteiger partial charge in [-0.2, -0.15) is 0 Å². The third-order valence-corrected chi connectivity index (χ3v) is 2.41. The summed E-state index contributed by atoms with van der Waals surface area (Å²) >= 11 is 0. The first-order chi connectivity index (χ1) is 10.0. The molecule has 1 aromatic carbocycles. The molecule has 3 N–H and O–H groups in total. The molecule has 2 amide bonds. The highest BCUT2D eigenvalue weighted by atomic mass is 16.5. The molecule has 0 heterocycles. The van der Waals surface area contributed by atoms with Crippen LogP contribution in [0.15, 0.2) is 24.3 Å². The van der Waals surface area contributed by atoms with E-state index in [2.05, 4.69) is 10.6 Å². The highest BCUT2D eigenvalue weighted by molar-refractivity contribution is 5.97. The fourth-order valence-corrected chi connectivity index (χ4v) is 1.47. The van der Waals surface area contributed by atoms with Gasteiger partial charge in [-0.1, -0.05) is 6.92 Å². The number of rotatable bonds is 8. The summed E-state index contributed by atoms with van der Waals surface area (Å²) < 4.78 is 5.10.